The topological polar surface area (TPSA) is 109 Å². The van der Waals surface area contributed by atoms with Gasteiger partial charge in [-0.2, -0.15) is 23.4 Å². The zero-order chi connectivity index (χ0) is 23.0. The van der Waals surface area contributed by atoms with Crippen molar-refractivity contribution < 1.29 is 22.8 Å². The Labute approximate surface area is 180 Å². The lowest BCUT2D eigenvalue weighted by Crippen LogP contribution is -2.51. The minimum absolute atomic E-state index is 0.0898. The van der Waals surface area contributed by atoms with Crippen molar-refractivity contribution in [2.75, 3.05) is 23.3 Å². The number of fused-ring (bicyclic) bond motifs is 3. The molecule has 3 aromatic heterocycles. The fourth-order valence-corrected chi connectivity index (χ4v) is 4.16. The Hall–Kier alpha value is -3.48. The van der Waals surface area contributed by atoms with Crippen LogP contribution < -0.4 is 15.5 Å². The number of amides is 1. The van der Waals surface area contributed by atoms with Gasteiger partial charge < -0.3 is 20.3 Å². The quantitative estimate of drug-likeness (QED) is 0.622. The first-order valence-corrected chi connectivity index (χ1v) is 9.84. The summed E-state index contributed by atoms with van der Waals surface area (Å²) in [5, 5.41) is 13.4. The van der Waals surface area contributed by atoms with Gasteiger partial charge in [0.05, 0.1) is 11.9 Å². The molecule has 5 rings (SSSR count). The van der Waals surface area contributed by atoms with E-state index in [4.69, 9.17) is 4.79 Å². The first-order valence-electron chi connectivity index (χ1n) is 9.84. The lowest BCUT2D eigenvalue weighted by molar-refractivity contribution is -0.140. The maximum Gasteiger partial charge on any atom is 0.437 e. The summed E-state index contributed by atoms with van der Waals surface area (Å²) in [6.45, 7) is 3.64. The highest BCUT2D eigenvalue weighted by Gasteiger charge is 2.38. The van der Waals surface area contributed by atoms with E-state index in [0.29, 0.717) is 17.9 Å². The number of hydrogen-bond acceptors (Lipinski definition) is 7. The number of piperazine rings is 1. The first kappa shape index (κ1) is 21.7. The molecule has 2 aliphatic rings. The zero-order valence-electron chi connectivity index (χ0n) is 17.1. The lowest BCUT2D eigenvalue weighted by Gasteiger charge is -2.33. The van der Waals surface area contributed by atoms with Crippen molar-refractivity contribution in [3.05, 3.63) is 35.9 Å². The van der Waals surface area contributed by atoms with Gasteiger partial charge in [-0.05, 0) is 18.9 Å². The minimum Gasteiger partial charge on any atom is -0.353 e. The number of anilines is 2. The van der Waals surface area contributed by atoms with Gasteiger partial charge >= 0.3 is 6.18 Å². The van der Waals surface area contributed by atoms with Crippen molar-refractivity contribution in [3.63, 3.8) is 0 Å². The summed E-state index contributed by atoms with van der Waals surface area (Å²) in [6.07, 6.45) is 1.67. The van der Waals surface area contributed by atoms with Gasteiger partial charge in [-0.15, -0.1) is 0 Å². The molecule has 2 aliphatic heterocycles. The van der Waals surface area contributed by atoms with E-state index < -0.39 is 23.5 Å². The Balaban J connectivity index is 0.00000119. The van der Waals surface area contributed by atoms with Crippen molar-refractivity contribution in [3.8, 4) is 0 Å². The fourth-order valence-electron chi connectivity index (χ4n) is 4.16. The second kappa shape index (κ2) is 8.22. The van der Waals surface area contributed by atoms with Crippen LogP contribution >= 0.6 is 0 Å². The fraction of sp³-hybridized carbons (Fsp3) is 0.421. The van der Waals surface area contributed by atoms with Gasteiger partial charge in [0.15, 0.2) is 11.3 Å². The summed E-state index contributed by atoms with van der Waals surface area (Å²) in [4.78, 5) is 27.5. The van der Waals surface area contributed by atoms with Crippen LogP contribution in [0.3, 0.4) is 0 Å². The average molecular weight is 450 g/mol. The second-order valence-corrected chi connectivity index (χ2v) is 7.67. The van der Waals surface area contributed by atoms with Crippen LogP contribution in [0.5, 0.6) is 0 Å². The molecule has 170 valence electrons. The van der Waals surface area contributed by atoms with E-state index in [-0.39, 0.29) is 11.2 Å². The highest BCUT2D eigenvalue weighted by molar-refractivity contribution is 6.08. The smallest absolute Gasteiger partial charge is 0.353 e. The van der Waals surface area contributed by atoms with E-state index in [1.54, 1.807) is 6.20 Å². The Kier molecular flexibility index (Phi) is 5.59. The molecule has 3 aromatic rings. The van der Waals surface area contributed by atoms with Gasteiger partial charge in [-0.3, -0.25) is 9.48 Å². The van der Waals surface area contributed by atoms with Crippen LogP contribution in [0, 0.1) is 0 Å². The molecule has 0 spiro atoms. The van der Waals surface area contributed by atoms with Gasteiger partial charge in [-0.1, -0.05) is 0 Å². The molecule has 32 heavy (non-hydrogen) atoms. The van der Waals surface area contributed by atoms with Gasteiger partial charge in [0.2, 0.25) is 0 Å². The molecule has 10 nitrogen and oxygen atoms in total. The van der Waals surface area contributed by atoms with Crippen molar-refractivity contribution >= 4 is 29.8 Å². The van der Waals surface area contributed by atoms with Crippen LogP contribution in [0.2, 0.25) is 0 Å². The molecule has 2 unspecified atom stereocenters. The van der Waals surface area contributed by atoms with Crippen molar-refractivity contribution in [1.29, 1.82) is 0 Å². The molecule has 0 radical (unpaired) electrons. The van der Waals surface area contributed by atoms with Crippen LogP contribution in [0.25, 0.3) is 5.65 Å². The number of rotatable bonds is 3. The number of nitrogens with one attached hydrogen (secondary N) is 2. The maximum atomic E-state index is 13.2. The summed E-state index contributed by atoms with van der Waals surface area (Å²) >= 11 is 0. The molecule has 2 fully saturated rings. The molecule has 2 N–H and O–H groups in total. The summed E-state index contributed by atoms with van der Waals surface area (Å²) in [6, 6.07) is 2.66. The van der Waals surface area contributed by atoms with Crippen LogP contribution in [0.15, 0.2) is 24.7 Å². The molecule has 0 aliphatic carbocycles. The highest BCUT2D eigenvalue weighted by atomic mass is 19.4. The van der Waals surface area contributed by atoms with Crippen LogP contribution in [0.1, 0.15) is 28.9 Å². The predicted octanol–water partition coefficient (Wildman–Crippen LogP) is 1.49. The van der Waals surface area contributed by atoms with Crippen molar-refractivity contribution in [1.82, 2.24) is 29.7 Å². The van der Waals surface area contributed by atoms with Crippen molar-refractivity contribution in [2.24, 2.45) is 7.05 Å². The van der Waals surface area contributed by atoms with Gasteiger partial charge in [0, 0.05) is 44.6 Å². The number of hydrogen-bond donors (Lipinski definition) is 2. The Morgan fingerprint density at radius 1 is 1.25 bits per heavy atom. The van der Waals surface area contributed by atoms with Crippen LogP contribution in [-0.4, -0.2) is 62.2 Å². The standard InChI is InChI=1S/C18H19F3N8O.CH2O/c1-27-9-13(15(26-27)18(19,20)21)24-17(30)12-6-22-29-5-4-14(25-16(12)29)28-7-10-2-3-11(8-28)23-10;1-2/h4-6,9-11,23H,2-3,7-8H2,1H3,(H,24,30);1H2. The van der Waals surface area contributed by atoms with Crippen molar-refractivity contribution in [2.45, 2.75) is 31.1 Å². The summed E-state index contributed by atoms with van der Waals surface area (Å²) in [7, 11) is 1.36. The first-order chi connectivity index (χ1) is 15.3. The molecule has 2 bridgehead atoms. The average Bonchev–Trinajstić information content (AvgIpc) is 3.45. The third-order valence-corrected chi connectivity index (χ3v) is 5.49. The van der Waals surface area contributed by atoms with Gasteiger partial charge in [0.25, 0.3) is 5.91 Å². The monoisotopic (exact) mass is 450 g/mol. The summed E-state index contributed by atoms with van der Waals surface area (Å²) in [5.74, 6) is -0.0126. The molecule has 0 aromatic carbocycles. The third-order valence-electron chi connectivity index (χ3n) is 5.49. The van der Waals surface area contributed by atoms with E-state index in [9.17, 15) is 18.0 Å². The number of aryl methyl sites for hydroxylation is 1. The van der Waals surface area contributed by atoms with Crippen LogP contribution in [-0.2, 0) is 18.0 Å². The van der Waals surface area contributed by atoms with E-state index >= 15 is 0 Å². The van der Waals surface area contributed by atoms with E-state index in [0.717, 1.165) is 36.8 Å². The normalized spacial score (nSPS) is 20.2. The minimum atomic E-state index is -4.68. The summed E-state index contributed by atoms with van der Waals surface area (Å²) < 4.78 is 41.9. The Morgan fingerprint density at radius 3 is 2.59 bits per heavy atom. The zero-order valence-corrected chi connectivity index (χ0v) is 17.1. The van der Waals surface area contributed by atoms with E-state index in [2.05, 4.69) is 30.7 Å². The molecule has 1 amide bonds. The molecular weight excluding hydrogens is 429 g/mol. The number of carbonyl (C=O) groups excluding carboxylic acids is 2. The number of halogens is 3. The number of nitrogens with zero attached hydrogens (tertiary/aromatic N) is 6. The van der Waals surface area contributed by atoms with Gasteiger partial charge in [0.1, 0.15) is 18.2 Å². The predicted molar refractivity (Wildman–Crippen MR) is 108 cm³/mol. The molecule has 0 saturated carbocycles. The number of alkyl halides is 3. The SMILES string of the molecule is C=O.Cn1cc(NC(=O)c2cnn3ccc(N4CC5CCC(C4)N5)nc23)c(C(F)(F)F)n1. The second-order valence-electron chi connectivity index (χ2n) is 7.67. The molecule has 5 heterocycles. The lowest BCUT2D eigenvalue weighted by atomic mass is 10.2. The third kappa shape index (κ3) is 4.02. The van der Waals surface area contributed by atoms with Gasteiger partial charge in [-0.25, -0.2) is 9.50 Å². The van der Waals surface area contributed by atoms with Crippen LogP contribution in [0.4, 0.5) is 24.7 Å². The largest absolute Gasteiger partial charge is 0.437 e. The highest BCUT2D eigenvalue weighted by Crippen LogP contribution is 2.33. The van der Waals surface area contributed by atoms with E-state index in [1.165, 1.54) is 17.8 Å². The summed E-state index contributed by atoms with van der Waals surface area (Å²) in [5.41, 5.74) is -1.19. The molecular formula is C19H21F3N8O2. The number of aromatic nitrogens is 5. The molecule has 2 atom stereocenters. The molecule has 13 heteroatoms. The number of carbonyl (C=O) groups is 2. The maximum absolute atomic E-state index is 13.2. The van der Waals surface area contributed by atoms with E-state index in [1.807, 2.05) is 12.9 Å². The molecule has 2 saturated heterocycles. The Morgan fingerprint density at radius 2 is 1.94 bits per heavy atom. The Bertz CT molecular complexity index is 1130.